The van der Waals surface area contributed by atoms with Crippen molar-refractivity contribution in [2.24, 2.45) is 0 Å². The van der Waals surface area contributed by atoms with Gasteiger partial charge in [0, 0.05) is 38.4 Å². The Morgan fingerprint density at radius 1 is 1.20 bits per heavy atom. The van der Waals surface area contributed by atoms with Crippen LogP contribution in [0.5, 0.6) is 0 Å². The Balaban J connectivity index is 1.58. The van der Waals surface area contributed by atoms with Crippen LogP contribution in [-0.2, 0) is 6.54 Å². The molecule has 130 valence electrons. The van der Waals surface area contributed by atoms with Gasteiger partial charge in [0.15, 0.2) is 5.65 Å². The molecule has 1 aliphatic heterocycles. The molecule has 0 spiro atoms. The van der Waals surface area contributed by atoms with Crippen LogP contribution in [0.2, 0.25) is 0 Å². The van der Waals surface area contributed by atoms with E-state index in [1.807, 2.05) is 16.6 Å². The molecule has 4 rings (SSSR count). The van der Waals surface area contributed by atoms with E-state index in [2.05, 4.69) is 31.7 Å². The predicted molar refractivity (Wildman–Crippen MR) is 95.6 cm³/mol. The molecule has 3 heterocycles. The van der Waals surface area contributed by atoms with Gasteiger partial charge in [-0.25, -0.2) is 8.91 Å². The van der Waals surface area contributed by atoms with Crippen molar-refractivity contribution in [3.63, 3.8) is 0 Å². The van der Waals surface area contributed by atoms with Crippen molar-refractivity contribution in [3.05, 3.63) is 53.5 Å². The monoisotopic (exact) mass is 340 g/mol. The van der Waals surface area contributed by atoms with E-state index >= 15 is 0 Å². The third-order valence-electron chi connectivity index (χ3n) is 4.45. The Morgan fingerprint density at radius 2 is 2.04 bits per heavy atom. The van der Waals surface area contributed by atoms with Gasteiger partial charge in [-0.2, -0.15) is 4.98 Å². The lowest BCUT2D eigenvalue weighted by Crippen LogP contribution is -2.43. The zero-order chi connectivity index (χ0) is 17.2. The van der Waals surface area contributed by atoms with Gasteiger partial charge in [-0.1, -0.05) is 6.07 Å². The molecule has 0 atom stereocenters. The number of benzene rings is 1. The van der Waals surface area contributed by atoms with Crippen LogP contribution in [0, 0.1) is 12.7 Å². The molecule has 2 N–H and O–H groups in total. The summed E-state index contributed by atoms with van der Waals surface area (Å²) in [4.78, 5) is 6.94. The van der Waals surface area contributed by atoms with Gasteiger partial charge >= 0.3 is 0 Å². The molecular formula is C18H21FN6. The first-order valence-corrected chi connectivity index (χ1v) is 8.50. The summed E-state index contributed by atoms with van der Waals surface area (Å²) in [6.07, 6.45) is 0. The molecule has 0 amide bonds. The van der Waals surface area contributed by atoms with Crippen LogP contribution in [0.3, 0.4) is 0 Å². The summed E-state index contributed by atoms with van der Waals surface area (Å²) in [7, 11) is 0. The number of rotatable bonds is 4. The Kier molecular flexibility index (Phi) is 4.33. The highest BCUT2D eigenvalue weighted by Crippen LogP contribution is 2.18. The maximum absolute atomic E-state index is 13.4. The van der Waals surface area contributed by atoms with Gasteiger partial charge in [-0.15, -0.1) is 5.10 Å². The zero-order valence-corrected chi connectivity index (χ0v) is 14.2. The smallest absolute Gasteiger partial charge is 0.247 e. The van der Waals surface area contributed by atoms with Crippen LogP contribution >= 0.6 is 0 Å². The summed E-state index contributed by atoms with van der Waals surface area (Å²) in [6, 6.07) is 10.9. The molecule has 6 nitrogen and oxygen atoms in total. The van der Waals surface area contributed by atoms with Crippen molar-refractivity contribution in [2.75, 3.05) is 31.5 Å². The number of aryl methyl sites for hydroxylation is 1. The molecule has 1 aromatic carbocycles. The SMILES string of the molecule is Cc1cc(Nc2nc3cccc(CN4CCNCC4)n3n2)ccc1F. The molecule has 7 heteroatoms. The van der Waals surface area contributed by atoms with Gasteiger partial charge in [0.2, 0.25) is 5.95 Å². The number of pyridine rings is 1. The predicted octanol–water partition coefficient (Wildman–Crippen LogP) is 2.33. The molecule has 25 heavy (non-hydrogen) atoms. The fourth-order valence-corrected chi connectivity index (χ4v) is 3.08. The normalized spacial score (nSPS) is 15.6. The quantitative estimate of drug-likeness (QED) is 0.763. The minimum absolute atomic E-state index is 0.216. The van der Waals surface area contributed by atoms with Crippen LogP contribution in [0.15, 0.2) is 36.4 Å². The summed E-state index contributed by atoms with van der Waals surface area (Å²) >= 11 is 0. The number of aromatic nitrogens is 3. The van der Waals surface area contributed by atoms with E-state index in [-0.39, 0.29) is 5.82 Å². The first kappa shape index (κ1) is 16.0. The molecular weight excluding hydrogens is 319 g/mol. The summed E-state index contributed by atoms with van der Waals surface area (Å²) < 4.78 is 15.3. The second kappa shape index (κ2) is 6.78. The maximum atomic E-state index is 13.4. The molecule has 0 radical (unpaired) electrons. The van der Waals surface area contributed by atoms with E-state index in [0.717, 1.165) is 49.8 Å². The maximum Gasteiger partial charge on any atom is 0.247 e. The largest absolute Gasteiger partial charge is 0.323 e. The molecule has 1 fully saturated rings. The van der Waals surface area contributed by atoms with E-state index in [4.69, 9.17) is 0 Å². The van der Waals surface area contributed by atoms with Crippen molar-refractivity contribution in [3.8, 4) is 0 Å². The van der Waals surface area contributed by atoms with E-state index in [0.29, 0.717) is 11.5 Å². The standard InChI is InChI=1S/C18H21FN6/c1-13-11-14(5-6-16(13)19)21-18-22-17-4-2-3-15(25(17)23-18)12-24-9-7-20-8-10-24/h2-6,11,20H,7-10,12H2,1H3,(H,21,23). The lowest BCUT2D eigenvalue weighted by molar-refractivity contribution is 0.229. The number of halogens is 1. The summed E-state index contributed by atoms with van der Waals surface area (Å²) in [5.41, 5.74) is 3.27. The molecule has 1 saturated heterocycles. The number of fused-ring (bicyclic) bond motifs is 1. The van der Waals surface area contributed by atoms with Crippen molar-refractivity contribution in [2.45, 2.75) is 13.5 Å². The zero-order valence-electron chi connectivity index (χ0n) is 14.2. The Hall–Kier alpha value is -2.51. The van der Waals surface area contributed by atoms with Crippen molar-refractivity contribution < 1.29 is 4.39 Å². The molecule has 0 bridgehead atoms. The molecule has 2 aromatic heterocycles. The van der Waals surface area contributed by atoms with Gasteiger partial charge in [0.25, 0.3) is 0 Å². The number of anilines is 2. The number of nitrogens with one attached hydrogen (secondary N) is 2. The van der Waals surface area contributed by atoms with Crippen molar-refractivity contribution >= 4 is 17.3 Å². The number of hydrogen-bond acceptors (Lipinski definition) is 5. The molecule has 0 aliphatic carbocycles. The van der Waals surface area contributed by atoms with Crippen LogP contribution < -0.4 is 10.6 Å². The minimum atomic E-state index is -0.216. The summed E-state index contributed by atoms with van der Waals surface area (Å²) in [5, 5.41) is 11.1. The van der Waals surface area contributed by atoms with E-state index < -0.39 is 0 Å². The molecule has 0 unspecified atom stereocenters. The van der Waals surface area contributed by atoms with Gasteiger partial charge in [0.05, 0.1) is 5.69 Å². The lowest BCUT2D eigenvalue weighted by Gasteiger charge is -2.27. The van der Waals surface area contributed by atoms with Crippen LogP contribution in [0.4, 0.5) is 16.0 Å². The highest BCUT2D eigenvalue weighted by molar-refractivity contribution is 5.56. The summed E-state index contributed by atoms with van der Waals surface area (Å²) in [5.74, 6) is 0.297. The fourth-order valence-electron chi connectivity index (χ4n) is 3.08. The fraction of sp³-hybridized carbons (Fsp3) is 0.333. The Labute approximate surface area is 145 Å². The highest BCUT2D eigenvalue weighted by atomic mass is 19.1. The first-order chi connectivity index (χ1) is 12.2. The van der Waals surface area contributed by atoms with E-state index in [9.17, 15) is 4.39 Å². The van der Waals surface area contributed by atoms with Gasteiger partial charge in [-0.3, -0.25) is 4.90 Å². The second-order valence-electron chi connectivity index (χ2n) is 6.34. The van der Waals surface area contributed by atoms with Crippen LogP contribution in [0.1, 0.15) is 11.3 Å². The third-order valence-corrected chi connectivity index (χ3v) is 4.45. The topological polar surface area (TPSA) is 57.5 Å². The second-order valence-corrected chi connectivity index (χ2v) is 6.34. The summed E-state index contributed by atoms with van der Waals surface area (Å²) in [6.45, 7) is 6.69. The molecule has 0 saturated carbocycles. The first-order valence-electron chi connectivity index (χ1n) is 8.50. The molecule has 1 aliphatic rings. The van der Waals surface area contributed by atoms with Crippen LogP contribution in [-0.4, -0.2) is 45.7 Å². The average Bonchev–Trinajstić information content (AvgIpc) is 3.03. The van der Waals surface area contributed by atoms with Gasteiger partial charge in [-0.05, 0) is 42.8 Å². The Bertz CT molecular complexity index is 884. The minimum Gasteiger partial charge on any atom is -0.323 e. The van der Waals surface area contributed by atoms with E-state index in [1.165, 1.54) is 6.07 Å². The van der Waals surface area contributed by atoms with Gasteiger partial charge < -0.3 is 10.6 Å². The van der Waals surface area contributed by atoms with E-state index in [1.54, 1.807) is 19.1 Å². The number of piperazine rings is 1. The van der Waals surface area contributed by atoms with Crippen molar-refractivity contribution in [1.82, 2.24) is 24.8 Å². The van der Waals surface area contributed by atoms with Gasteiger partial charge in [0.1, 0.15) is 5.82 Å². The number of hydrogen-bond donors (Lipinski definition) is 2. The third kappa shape index (κ3) is 3.47. The lowest BCUT2D eigenvalue weighted by atomic mass is 10.2. The average molecular weight is 340 g/mol. The van der Waals surface area contributed by atoms with Crippen LogP contribution in [0.25, 0.3) is 5.65 Å². The highest BCUT2D eigenvalue weighted by Gasteiger charge is 2.13. The Morgan fingerprint density at radius 3 is 2.84 bits per heavy atom. The van der Waals surface area contributed by atoms with Crippen molar-refractivity contribution in [1.29, 1.82) is 0 Å². The molecule has 3 aromatic rings. The number of nitrogens with zero attached hydrogens (tertiary/aromatic N) is 4.